The van der Waals surface area contributed by atoms with Crippen LogP contribution in [0.15, 0.2) is 83.3 Å². The highest BCUT2D eigenvalue weighted by Gasteiger charge is 2.45. The first-order chi connectivity index (χ1) is 20.2. The molecule has 5 nitrogen and oxygen atoms in total. The molecule has 0 saturated heterocycles. The number of allylic oxidation sites excluding steroid dienone is 3. The van der Waals surface area contributed by atoms with Crippen molar-refractivity contribution in [2.75, 3.05) is 4.90 Å². The van der Waals surface area contributed by atoms with Crippen LogP contribution in [0.5, 0.6) is 5.75 Å². The molecular weight excluding hydrogens is 575 g/mol. The van der Waals surface area contributed by atoms with E-state index in [9.17, 15) is 23.2 Å². The van der Waals surface area contributed by atoms with Gasteiger partial charge >= 0.3 is 6.18 Å². The molecule has 0 amide bonds. The number of alkyl halides is 3. The molecule has 2 aliphatic rings. The molecule has 1 aliphatic heterocycles. The second-order valence-electron chi connectivity index (χ2n) is 11.9. The minimum Gasteiger partial charge on any atom is -0.489 e. The third kappa shape index (κ3) is 5.87. The molecule has 0 bridgehead atoms. The molecule has 9 heteroatoms. The number of anilines is 1. The lowest BCUT2D eigenvalue weighted by atomic mass is 9.68. The van der Waals surface area contributed by atoms with Crippen LogP contribution in [-0.4, -0.2) is 5.78 Å². The van der Waals surface area contributed by atoms with E-state index in [0.29, 0.717) is 34.2 Å². The van der Waals surface area contributed by atoms with Gasteiger partial charge in [-0.3, -0.25) is 9.69 Å². The monoisotopic (exact) mass is 605 g/mol. The fourth-order valence-electron chi connectivity index (χ4n) is 6.02. The fraction of sp³-hybridized carbons (Fsp3) is 0.294. The Bertz CT molecular complexity index is 1700. The first kappa shape index (κ1) is 30.2. The maximum absolute atomic E-state index is 13.9. The lowest BCUT2D eigenvalue weighted by Crippen LogP contribution is -2.42. The van der Waals surface area contributed by atoms with E-state index in [1.54, 1.807) is 29.2 Å². The zero-order chi connectivity index (χ0) is 31.3. The first-order valence-electron chi connectivity index (χ1n) is 13.8. The zero-order valence-electron chi connectivity index (χ0n) is 24.3. The van der Waals surface area contributed by atoms with E-state index in [1.165, 1.54) is 12.1 Å². The van der Waals surface area contributed by atoms with Crippen molar-refractivity contribution in [1.29, 1.82) is 5.26 Å². The Kier molecular flexibility index (Phi) is 7.82. The highest BCUT2D eigenvalue weighted by atomic mass is 35.5. The van der Waals surface area contributed by atoms with Crippen molar-refractivity contribution in [1.82, 2.24) is 0 Å². The number of ketones is 1. The van der Waals surface area contributed by atoms with Gasteiger partial charge < -0.3 is 10.5 Å². The average Bonchev–Trinajstić information content (AvgIpc) is 2.92. The third-order valence-electron chi connectivity index (χ3n) is 8.05. The summed E-state index contributed by atoms with van der Waals surface area (Å²) in [6, 6.07) is 17.9. The lowest BCUT2D eigenvalue weighted by Gasteiger charge is -2.44. The van der Waals surface area contributed by atoms with Gasteiger partial charge in [-0.25, -0.2) is 0 Å². The summed E-state index contributed by atoms with van der Waals surface area (Å²) in [4.78, 5) is 15.5. The van der Waals surface area contributed by atoms with Crippen LogP contribution in [0.4, 0.5) is 18.9 Å². The topological polar surface area (TPSA) is 79.3 Å². The number of benzene rings is 3. The molecule has 2 N–H and O–H groups in total. The predicted octanol–water partition coefficient (Wildman–Crippen LogP) is 8.50. The molecule has 0 spiro atoms. The number of aryl methyl sites for hydroxylation is 1. The van der Waals surface area contributed by atoms with Gasteiger partial charge in [-0.15, -0.1) is 0 Å². The molecule has 1 atom stereocenters. The number of hydrogen-bond donors (Lipinski definition) is 1. The molecule has 5 rings (SSSR count). The number of rotatable bonds is 5. The summed E-state index contributed by atoms with van der Waals surface area (Å²) in [6.07, 6.45) is -3.79. The summed E-state index contributed by atoms with van der Waals surface area (Å²) in [5.41, 5.74) is 10.5. The van der Waals surface area contributed by atoms with E-state index in [4.69, 9.17) is 22.1 Å². The van der Waals surface area contributed by atoms with E-state index in [-0.39, 0.29) is 30.2 Å². The van der Waals surface area contributed by atoms with Crippen LogP contribution in [0.2, 0.25) is 5.02 Å². The quantitative estimate of drug-likeness (QED) is 0.315. The minimum atomic E-state index is -4.50. The van der Waals surface area contributed by atoms with Crippen molar-refractivity contribution in [3.63, 3.8) is 0 Å². The minimum absolute atomic E-state index is 0.0939. The Morgan fingerprint density at radius 1 is 1.07 bits per heavy atom. The molecule has 0 radical (unpaired) electrons. The summed E-state index contributed by atoms with van der Waals surface area (Å²) in [5.74, 6) is -0.110. The molecular formula is C34H31ClF3N3O2. The fourth-order valence-corrected chi connectivity index (χ4v) is 6.15. The second kappa shape index (κ2) is 11.1. The Morgan fingerprint density at radius 2 is 1.72 bits per heavy atom. The van der Waals surface area contributed by atoms with Gasteiger partial charge in [0.25, 0.3) is 0 Å². The van der Waals surface area contributed by atoms with Crippen LogP contribution in [0, 0.1) is 30.6 Å². The van der Waals surface area contributed by atoms with Gasteiger partial charge in [-0.05, 0) is 90.9 Å². The van der Waals surface area contributed by atoms with Gasteiger partial charge in [-0.1, -0.05) is 43.1 Å². The molecule has 3 aromatic rings. The maximum atomic E-state index is 13.9. The standard InChI is InChI=1S/C34H31ClF3N3O2/c1-19-13-21(18-43-25-11-7-23(35)8-12-25)20(2)26(14-19)30-27(17-39)32(40)41(24-9-5-22(6-10-24)34(36,37)38)28-15-33(3,4)16-29(42)31(28)30/h5-14,30H,15-16,18,40H2,1-4H3. The van der Waals surface area contributed by atoms with Gasteiger partial charge in [0.05, 0.1) is 23.1 Å². The molecule has 0 aromatic heterocycles. The maximum Gasteiger partial charge on any atom is 0.416 e. The molecule has 1 heterocycles. The Morgan fingerprint density at radius 3 is 2.33 bits per heavy atom. The number of carbonyl (C=O) groups is 1. The van der Waals surface area contributed by atoms with E-state index < -0.39 is 23.1 Å². The molecule has 0 saturated carbocycles. The lowest BCUT2D eigenvalue weighted by molar-refractivity contribution is -0.137. The van der Waals surface area contributed by atoms with Crippen molar-refractivity contribution < 1.29 is 22.7 Å². The third-order valence-corrected chi connectivity index (χ3v) is 8.30. The highest BCUT2D eigenvalue weighted by Crippen LogP contribution is 2.51. The van der Waals surface area contributed by atoms with Crippen molar-refractivity contribution >= 4 is 23.1 Å². The van der Waals surface area contributed by atoms with Crippen LogP contribution in [-0.2, 0) is 17.6 Å². The van der Waals surface area contributed by atoms with Crippen molar-refractivity contribution in [3.05, 3.63) is 116 Å². The molecule has 1 aliphatic carbocycles. The number of carbonyl (C=O) groups excluding carboxylic acids is 1. The average molecular weight is 606 g/mol. The molecule has 43 heavy (non-hydrogen) atoms. The van der Waals surface area contributed by atoms with E-state index in [2.05, 4.69) is 6.07 Å². The van der Waals surface area contributed by atoms with Crippen molar-refractivity contribution in [3.8, 4) is 11.8 Å². The molecule has 1 unspecified atom stereocenters. The van der Waals surface area contributed by atoms with Crippen LogP contribution in [0.3, 0.4) is 0 Å². The molecule has 222 valence electrons. The summed E-state index contributed by atoms with van der Waals surface area (Å²) in [6.45, 7) is 8.06. The second-order valence-corrected chi connectivity index (χ2v) is 12.3. The number of nitriles is 1. The Labute approximate surface area is 254 Å². The van der Waals surface area contributed by atoms with E-state index >= 15 is 0 Å². The Balaban J connectivity index is 1.65. The zero-order valence-corrected chi connectivity index (χ0v) is 25.0. The SMILES string of the molecule is Cc1cc(COc2ccc(Cl)cc2)c(C)c(C2C(C#N)=C(N)N(c3ccc(C(F)(F)F)cc3)C3=C2C(=O)CC(C)(C)C3)c1. The number of Topliss-reactive ketones (excluding diaryl/α,β-unsaturated/α-hetero) is 1. The first-order valence-corrected chi connectivity index (χ1v) is 14.2. The largest absolute Gasteiger partial charge is 0.489 e. The van der Waals surface area contributed by atoms with E-state index in [1.807, 2.05) is 39.8 Å². The smallest absolute Gasteiger partial charge is 0.416 e. The van der Waals surface area contributed by atoms with Crippen molar-refractivity contribution in [2.45, 2.75) is 59.2 Å². The van der Waals surface area contributed by atoms with Gasteiger partial charge in [0.1, 0.15) is 18.2 Å². The van der Waals surface area contributed by atoms with Crippen LogP contribution in [0.1, 0.15) is 60.4 Å². The predicted molar refractivity (Wildman–Crippen MR) is 160 cm³/mol. The summed E-state index contributed by atoms with van der Waals surface area (Å²) in [5, 5.41) is 11.1. The number of ether oxygens (including phenoxy) is 1. The normalized spacial score (nSPS) is 18.4. The van der Waals surface area contributed by atoms with Gasteiger partial charge in [0, 0.05) is 28.4 Å². The van der Waals surface area contributed by atoms with Gasteiger partial charge in [-0.2, -0.15) is 18.4 Å². The van der Waals surface area contributed by atoms with E-state index in [0.717, 1.165) is 34.4 Å². The number of nitrogens with two attached hydrogens (primary N) is 1. The number of halogens is 4. The summed E-state index contributed by atoms with van der Waals surface area (Å²) in [7, 11) is 0. The number of hydrogen-bond acceptors (Lipinski definition) is 5. The Hall–Kier alpha value is -4.22. The van der Waals surface area contributed by atoms with Gasteiger partial charge in [0.15, 0.2) is 5.78 Å². The van der Waals surface area contributed by atoms with Crippen molar-refractivity contribution in [2.24, 2.45) is 11.1 Å². The summed E-state index contributed by atoms with van der Waals surface area (Å²) >= 11 is 6.00. The number of nitrogens with zero attached hydrogens (tertiary/aromatic N) is 2. The molecule has 3 aromatic carbocycles. The van der Waals surface area contributed by atoms with Gasteiger partial charge in [0.2, 0.25) is 0 Å². The van der Waals surface area contributed by atoms with Crippen LogP contribution < -0.4 is 15.4 Å². The molecule has 0 fully saturated rings. The van der Waals surface area contributed by atoms with Crippen LogP contribution in [0.25, 0.3) is 0 Å². The summed E-state index contributed by atoms with van der Waals surface area (Å²) < 4.78 is 46.0. The highest BCUT2D eigenvalue weighted by molar-refractivity contribution is 6.30. The van der Waals surface area contributed by atoms with Crippen LogP contribution >= 0.6 is 11.6 Å².